The van der Waals surface area contributed by atoms with Gasteiger partial charge in [0.05, 0.1) is 37.3 Å². The number of ether oxygens (including phenoxy) is 3. The number of imidazole rings is 1. The number of nitrogens with one attached hydrogen (secondary N) is 3. The van der Waals surface area contributed by atoms with Gasteiger partial charge in [0.1, 0.15) is 5.75 Å². The number of methoxy groups -OCH3 is 3. The van der Waals surface area contributed by atoms with Crippen LogP contribution in [0.2, 0.25) is 0 Å². The van der Waals surface area contributed by atoms with Crippen molar-refractivity contribution in [2.45, 2.75) is 11.4 Å². The minimum absolute atomic E-state index is 0.0203. The number of hydrogen-bond donors (Lipinski definition) is 3. The number of benzene rings is 2. The van der Waals surface area contributed by atoms with Crippen molar-refractivity contribution in [3.05, 3.63) is 46.4 Å². The first kappa shape index (κ1) is 18.8. The van der Waals surface area contributed by atoms with Crippen molar-refractivity contribution in [3.8, 4) is 17.2 Å². The standard InChI is InChI=1S/C17H19N3O6S/c1-24-14-8-16(26-3)15(25-2)6-10(14)9-18-27(22,23)11-4-5-12-13(7-11)20-17(21)19-12/h4-8,18H,9H2,1-3H3,(H2,19,20,21). The van der Waals surface area contributed by atoms with Crippen molar-refractivity contribution >= 4 is 21.1 Å². The van der Waals surface area contributed by atoms with E-state index in [0.29, 0.717) is 33.8 Å². The van der Waals surface area contributed by atoms with Crippen molar-refractivity contribution in [1.82, 2.24) is 14.7 Å². The predicted octanol–water partition coefficient (Wildman–Crippen LogP) is 1.36. The number of H-pyrrole nitrogens is 2. The summed E-state index contributed by atoms with van der Waals surface area (Å²) in [5, 5.41) is 0. The van der Waals surface area contributed by atoms with Crippen molar-refractivity contribution in [2.75, 3.05) is 21.3 Å². The second-order valence-corrected chi connectivity index (χ2v) is 7.40. The molecule has 10 heteroatoms. The lowest BCUT2D eigenvalue weighted by Gasteiger charge is -2.14. The summed E-state index contributed by atoms with van der Waals surface area (Å²) < 4.78 is 43.5. The van der Waals surface area contributed by atoms with E-state index in [4.69, 9.17) is 14.2 Å². The molecule has 3 aromatic rings. The van der Waals surface area contributed by atoms with Crippen molar-refractivity contribution < 1.29 is 22.6 Å². The van der Waals surface area contributed by atoms with Gasteiger partial charge in [-0.1, -0.05) is 0 Å². The number of fused-ring (bicyclic) bond motifs is 1. The van der Waals surface area contributed by atoms with E-state index >= 15 is 0 Å². The molecule has 0 aliphatic carbocycles. The topological polar surface area (TPSA) is 123 Å². The largest absolute Gasteiger partial charge is 0.496 e. The average Bonchev–Trinajstić information content (AvgIpc) is 3.04. The van der Waals surface area contributed by atoms with Gasteiger partial charge >= 0.3 is 5.69 Å². The average molecular weight is 393 g/mol. The van der Waals surface area contributed by atoms with E-state index in [0.717, 1.165) is 0 Å². The molecule has 1 heterocycles. The lowest BCUT2D eigenvalue weighted by Crippen LogP contribution is -2.23. The number of aromatic nitrogens is 2. The van der Waals surface area contributed by atoms with Crippen molar-refractivity contribution in [1.29, 1.82) is 0 Å². The third-order valence-electron chi connectivity index (χ3n) is 4.04. The molecule has 0 atom stereocenters. The zero-order chi connectivity index (χ0) is 19.6. The van der Waals surface area contributed by atoms with Gasteiger partial charge in [-0.3, -0.25) is 0 Å². The first-order valence-corrected chi connectivity index (χ1v) is 9.37. The van der Waals surface area contributed by atoms with Gasteiger partial charge in [-0.25, -0.2) is 17.9 Å². The van der Waals surface area contributed by atoms with Gasteiger partial charge in [0, 0.05) is 18.2 Å². The monoisotopic (exact) mass is 393 g/mol. The maximum Gasteiger partial charge on any atom is 0.323 e. The van der Waals surface area contributed by atoms with E-state index < -0.39 is 15.7 Å². The Bertz CT molecular complexity index is 1130. The predicted molar refractivity (Wildman–Crippen MR) is 99.0 cm³/mol. The zero-order valence-corrected chi connectivity index (χ0v) is 15.8. The quantitative estimate of drug-likeness (QED) is 0.557. The first-order valence-electron chi connectivity index (χ1n) is 7.88. The Kier molecular flexibility index (Phi) is 5.10. The first-order chi connectivity index (χ1) is 12.9. The van der Waals surface area contributed by atoms with Crippen LogP contribution in [0.3, 0.4) is 0 Å². The van der Waals surface area contributed by atoms with Crippen molar-refractivity contribution in [2.24, 2.45) is 0 Å². The van der Waals surface area contributed by atoms with Crippen LogP contribution in [-0.2, 0) is 16.6 Å². The highest BCUT2D eigenvalue weighted by Gasteiger charge is 2.18. The number of rotatable bonds is 7. The second-order valence-electron chi connectivity index (χ2n) is 5.63. The van der Waals surface area contributed by atoms with Gasteiger partial charge in [0.25, 0.3) is 0 Å². The fraction of sp³-hybridized carbons (Fsp3) is 0.235. The Labute approximate surface area is 155 Å². The summed E-state index contributed by atoms with van der Waals surface area (Å²) in [6, 6.07) is 7.60. The van der Waals surface area contributed by atoms with Gasteiger partial charge < -0.3 is 24.2 Å². The molecule has 0 bridgehead atoms. The molecule has 9 nitrogen and oxygen atoms in total. The van der Waals surface area contributed by atoms with Crippen LogP contribution >= 0.6 is 0 Å². The molecule has 0 aliphatic rings. The number of aromatic amines is 2. The third kappa shape index (κ3) is 3.76. The van der Waals surface area contributed by atoms with E-state index in [-0.39, 0.29) is 11.4 Å². The maximum atomic E-state index is 12.6. The highest BCUT2D eigenvalue weighted by Crippen LogP contribution is 2.34. The molecule has 0 aliphatic heterocycles. The summed E-state index contributed by atoms with van der Waals surface area (Å²) >= 11 is 0. The normalized spacial score (nSPS) is 11.5. The molecular formula is C17H19N3O6S. The summed E-state index contributed by atoms with van der Waals surface area (Å²) in [6.07, 6.45) is 0. The molecule has 1 aromatic heterocycles. The van der Waals surface area contributed by atoms with Gasteiger partial charge in [0.15, 0.2) is 11.5 Å². The fourth-order valence-corrected chi connectivity index (χ4v) is 3.70. The Balaban J connectivity index is 1.88. The van der Waals surface area contributed by atoms with Crippen LogP contribution in [0.15, 0.2) is 40.0 Å². The molecule has 3 N–H and O–H groups in total. The third-order valence-corrected chi connectivity index (χ3v) is 5.44. The lowest BCUT2D eigenvalue weighted by molar-refractivity contribution is 0.347. The lowest BCUT2D eigenvalue weighted by atomic mass is 10.1. The van der Waals surface area contributed by atoms with E-state index in [1.807, 2.05) is 0 Å². The molecule has 2 aromatic carbocycles. The molecule has 144 valence electrons. The van der Waals surface area contributed by atoms with Crippen LogP contribution in [-0.4, -0.2) is 39.7 Å². The van der Waals surface area contributed by atoms with E-state index in [1.165, 1.54) is 39.5 Å². The molecule has 0 spiro atoms. The highest BCUT2D eigenvalue weighted by atomic mass is 32.2. The molecular weight excluding hydrogens is 374 g/mol. The van der Waals surface area contributed by atoms with Gasteiger partial charge in [-0.15, -0.1) is 0 Å². The Morgan fingerprint density at radius 1 is 0.889 bits per heavy atom. The number of sulfonamides is 1. The number of hydrogen-bond acceptors (Lipinski definition) is 6. The minimum Gasteiger partial charge on any atom is -0.496 e. The molecule has 27 heavy (non-hydrogen) atoms. The summed E-state index contributed by atoms with van der Waals surface area (Å²) in [5.41, 5.74) is 1.12. The second kappa shape index (κ2) is 7.33. The molecule has 0 fully saturated rings. The molecule has 0 radical (unpaired) electrons. The smallest absolute Gasteiger partial charge is 0.323 e. The maximum absolute atomic E-state index is 12.6. The Hall–Kier alpha value is -2.98. The summed E-state index contributed by atoms with van der Waals surface area (Å²) in [4.78, 5) is 16.5. The van der Waals surface area contributed by atoms with Crippen LogP contribution in [0, 0.1) is 0 Å². The molecule has 0 unspecified atom stereocenters. The van der Waals surface area contributed by atoms with E-state index in [9.17, 15) is 13.2 Å². The van der Waals surface area contributed by atoms with Crippen LogP contribution in [0.4, 0.5) is 0 Å². The highest BCUT2D eigenvalue weighted by molar-refractivity contribution is 7.89. The van der Waals surface area contributed by atoms with E-state index in [2.05, 4.69) is 14.7 Å². The fourth-order valence-electron chi connectivity index (χ4n) is 2.67. The van der Waals surface area contributed by atoms with Gasteiger partial charge in [-0.2, -0.15) is 0 Å². The Morgan fingerprint density at radius 2 is 1.52 bits per heavy atom. The molecule has 0 saturated heterocycles. The molecule has 3 rings (SSSR count). The zero-order valence-electron chi connectivity index (χ0n) is 15.0. The summed E-state index contributed by atoms with van der Waals surface area (Å²) in [5.74, 6) is 1.39. The van der Waals surface area contributed by atoms with E-state index in [1.54, 1.807) is 12.1 Å². The van der Waals surface area contributed by atoms with Crippen LogP contribution in [0.1, 0.15) is 5.56 Å². The van der Waals surface area contributed by atoms with Crippen LogP contribution in [0.25, 0.3) is 11.0 Å². The van der Waals surface area contributed by atoms with Crippen LogP contribution in [0.5, 0.6) is 17.2 Å². The Morgan fingerprint density at radius 3 is 2.19 bits per heavy atom. The SMILES string of the molecule is COc1cc(OC)c(OC)cc1CNS(=O)(=O)c1ccc2[nH]c(=O)[nH]c2c1. The molecule has 0 amide bonds. The van der Waals surface area contributed by atoms with Crippen LogP contribution < -0.4 is 24.6 Å². The van der Waals surface area contributed by atoms with Gasteiger partial charge in [-0.05, 0) is 24.3 Å². The summed E-state index contributed by atoms with van der Waals surface area (Å²) in [6.45, 7) is -0.0203. The minimum atomic E-state index is -3.81. The molecule has 0 saturated carbocycles. The summed E-state index contributed by atoms with van der Waals surface area (Å²) in [7, 11) is 0.659. The van der Waals surface area contributed by atoms with Crippen molar-refractivity contribution in [3.63, 3.8) is 0 Å². The van der Waals surface area contributed by atoms with Gasteiger partial charge in [0.2, 0.25) is 10.0 Å².